The summed E-state index contributed by atoms with van der Waals surface area (Å²) in [4.78, 5) is 39.2. The van der Waals surface area contributed by atoms with Crippen molar-refractivity contribution in [3.8, 4) is 0 Å². The lowest BCUT2D eigenvalue weighted by atomic mass is 10.2. The maximum atomic E-state index is 11.9. The van der Waals surface area contributed by atoms with E-state index in [4.69, 9.17) is 0 Å². The van der Waals surface area contributed by atoms with Crippen LogP contribution in [0.1, 0.15) is 71.9 Å². The van der Waals surface area contributed by atoms with E-state index in [0.717, 1.165) is 56.6 Å². The van der Waals surface area contributed by atoms with Crippen LogP contribution in [0, 0.1) is 6.92 Å². The number of thioether (sulfide) groups is 1. The van der Waals surface area contributed by atoms with E-state index in [1.165, 1.54) is 23.1 Å². The van der Waals surface area contributed by atoms with Gasteiger partial charge in [-0.25, -0.2) is 4.98 Å². The number of unbranched alkanes of at least 4 members (excludes halogenated alkanes) is 2. The zero-order valence-electron chi connectivity index (χ0n) is 18.6. The van der Waals surface area contributed by atoms with Gasteiger partial charge >= 0.3 is 0 Å². The first kappa shape index (κ1) is 27.8. The minimum absolute atomic E-state index is 0.0360. The molecule has 29 heavy (non-hydrogen) atoms. The summed E-state index contributed by atoms with van der Waals surface area (Å²) >= 11 is 2.81. The van der Waals surface area contributed by atoms with E-state index in [2.05, 4.69) is 29.0 Å². The maximum absolute atomic E-state index is 11.9. The molecule has 0 atom stereocenters. The lowest BCUT2D eigenvalue weighted by Crippen LogP contribution is -2.34. The fourth-order valence-electron chi connectivity index (χ4n) is 2.43. The number of thiazole rings is 1. The van der Waals surface area contributed by atoms with Crippen LogP contribution in [0.4, 0.5) is 5.13 Å². The average molecular weight is 444 g/mol. The number of carbonyl (C=O) groups is 3. The van der Waals surface area contributed by atoms with Crippen molar-refractivity contribution in [2.45, 2.75) is 73.1 Å². The Morgan fingerprint density at radius 2 is 1.83 bits per heavy atom. The van der Waals surface area contributed by atoms with Crippen LogP contribution >= 0.6 is 23.1 Å². The van der Waals surface area contributed by atoms with Gasteiger partial charge in [0.15, 0.2) is 10.2 Å². The topological polar surface area (TPSA) is 79.4 Å². The Kier molecular flexibility index (Phi) is 16.8. The highest BCUT2D eigenvalue weighted by Gasteiger charge is 2.11. The number of anilines is 1. The lowest BCUT2D eigenvalue weighted by Gasteiger charge is -2.20. The maximum Gasteiger partial charge on any atom is 0.240 e. The molecule has 0 bridgehead atoms. The third-order valence-corrected chi connectivity index (χ3v) is 5.60. The number of nitrogens with zero attached hydrogens (tertiary/aromatic N) is 2. The zero-order chi connectivity index (χ0) is 22.1. The van der Waals surface area contributed by atoms with Gasteiger partial charge in [-0.3, -0.25) is 14.5 Å². The Morgan fingerprint density at radius 3 is 2.34 bits per heavy atom. The molecule has 0 spiro atoms. The number of hydrogen-bond donors (Lipinski definition) is 1. The Bertz CT molecular complexity index is 590. The van der Waals surface area contributed by atoms with Gasteiger partial charge in [0.25, 0.3) is 0 Å². The Morgan fingerprint density at radius 1 is 1.10 bits per heavy atom. The number of Topliss-reactive ketones (excluding diaryl/α,β-unsaturated/α-hetero) is 1. The molecule has 1 rings (SSSR count). The average Bonchev–Trinajstić information content (AvgIpc) is 3.04. The van der Waals surface area contributed by atoms with Gasteiger partial charge in [-0.2, -0.15) is 0 Å². The van der Waals surface area contributed by atoms with Crippen LogP contribution < -0.4 is 5.32 Å². The van der Waals surface area contributed by atoms with Gasteiger partial charge in [0.05, 0.1) is 12.2 Å². The molecule has 1 aromatic rings. The number of amides is 1. The highest BCUT2D eigenvalue weighted by molar-refractivity contribution is 8.13. The minimum Gasteiger partial charge on any atom is -0.301 e. The molecular weight excluding hydrogens is 406 g/mol. The number of aromatic nitrogens is 1. The molecule has 0 saturated carbocycles. The van der Waals surface area contributed by atoms with Gasteiger partial charge in [-0.1, -0.05) is 32.0 Å². The molecule has 0 radical (unpaired) electrons. The second kappa shape index (κ2) is 17.6. The number of hydrogen-bond acceptors (Lipinski definition) is 7. The summed E-state index contributed by atoms with van der Waals surface area (Å²) in [6.45, 7) is 11.8. The monoisotopic (exact) mass is 443 g/mol. The van der Waals surface area contributed by atoms with E-state index in [9.17, 15) is 14.4 Å². The normalized spacial score (nSPS) is 10.4. The molecule has 1 amide bonds. The number of ketones is 1. The zero-order valence-corrected chi connectivity index (χ0v) is 20.2. The first-order chi connectivity index (χ1) is 13.8. The molecule has 0 fully saturated rings. The highest BCUT2D eigenvalue weighted by atomic mass is 32.2. The van der Waals surface area contributed by atoms with Crippen molar-refractivity contribution in [3.63, 3.8) is 0 Å². The molecule has 0 aliphatic heterocycles. The van der Waals surface area contributed by atoms with E-state index in [1.54, 1.807) is 13.8 Å². The van der Waals surface area contributed by atoms with E-state index in [-0.39, 0.29) is 16.8 Å². The summed E-state index contributed by atoms with van der Waals surface area (Å²) in [5.74, 6) is 1.12. The second-order valence-corrected chi connectivity index (χ2v) is 9.10. The van der Waals surface area contributed by atoms with Gasteiger partial charge in [0, 0.05) is 24.5 Å². The summed E-state index contributed by atoms with van der Waals surface area (Å²) in [5.41, 5.74) is 0.951. The van der Waals surface area contributed by atoms with Crippen molar-refractivity contribution in [2.75, 3.05) is 30.7 Å². The highest BCUT2D eigenvalue weighted by Crippen LogP contribution is 2.14. The SMILES string of the molecule is CC(=O)CCCCSC(C)=O.CCCCN(CCC)CC(=O)Nc1nc(C)cs1. The molecule has 6 nitrogen and oxygen atoms in total. The summed E-state index contributed by atoms with van der Waals surface area (Å²) in [5, 5.41) is 5.65. The van der Waals surface area contributed by atoms with Crippen LogP contribution in [0.5, 0.6) is 0 Å². The van der Waals surface area contributed by atoms with E-state index in [0.29, 0.717) is 18.1 Å². The molecule has 0 aliphatic rings. The van der Waals surface area contributed by atoms with Gasteiger partial charge < -0.3 is 10.1 Å². The molecular formula is C21H37N3O3S2. The van der Waals surface area contributed by atoms with Gasteiger partial charge in [-0.05, 0) is 52.6 Å². The summed E-state index contributed by atoms with van der Waals surface area (Å²) in [6.07, 6.45) is 5.91. The fourth-order valence-corrected chi connectivity index (χ4v) is 3.77. The van der Waals surface area contributed by atoms with Crippen molar-refractivity contribution in [2.24, 2.45) is 0 Å². The van der Waals surface area contributed by atoms with Crippen LogP contribution in [0.15, 0.2) is 5.38 Å². The molecule has 1 N–H and O–H groups in total. The summed E-state index contributed by atoms with van der Waals surface area (Å²) < 4.78 is 0. The third kappa shape index (κ3) is 17.3. The predicted octanol–water partition coefficient (Wildman–Crippen LogP) is 4.93. The van der Waals surface area contributed by atoms with Crippen LogP contribution in [0.2, 0.25) is 0 Å². The Balaban J connectivity index is 0.000000614. The largest absolute Gasteiger partial charge is 0.301 e. The smallest absolute Gasteiger partial charge is 0.240 e. The molecule has 0 unspecified atom stereocenters. The number of aryl methyl sites for hydroxylation is 1. The molecule has 0 saturated heterocycles. The second-order valence-electron chi connectivity index (χ2n) is 6.97. The summed E-state index contributed by atoms with van der Waals surface area (Å²) in [7, 11) is 0. The van der Waals surface area contributed by atoms with Crippen LogP contribution in [-0.2, 0) is 14.4 Å². The molecule has 1 heterocycles. The van der Waals surface area contributed by atoms with Crippen molar-refractivity contribution in [1.82, 2.24) is 9.88 Å². The van der Waals surface area contributed by atoms with Crippen molar-refractivity contribution < 1.29 is 14.4 Å². The van der Waals surface area contributed by atoms with Gasteiger partial charge in [0.1, 0.15) is 5.78 Å². The molecule has 8 heteroatoms. The third-order valence-electron chi connectivity index (χ3n) is 3.83. The lowest BCUT2D eigenvalue weighted by molar-refractivity contribution is -0.118. The van der Waals surface area contributed by atoms with Crippen molar-refractivity contribution >= 4 is 45.0 Å². The van der Waals surface area contributed by atoms with Crippen molar-refractivity contribution in [3.05, 3.63) is 11.1 Å². The van der Waals surface area contributed by atoms with Crippen LogP contribution in [0.3, 0.4) is 0 Å². The van der Waals surface area contributed by atoms with Gasteiger partial charge in [0.2, 0.25) is 5.91 Å². The summed E-state index contributed by atoms with van der Waals surface area (Å²) in [6, 6.07) is 0. The number of nitrogens with one attached hydrogen (secondary N) is 1. The van der Waals surface area contributed by atoms with Crippen LogP contribution in [-0.4, -0.2) is 52.1 Å². The molecule has 166 valence electrons. The van der Waals surface area contributed by atoms with Gasteiger partial charge in [-0.15, -0.1) is 11.3 Å². The van der Waals surface area contributed by atoms with Crippen molar-refractivity contribution in [1.29, 1.82) is 0 Å². The first-order valence-electron chi connectivity index (χ1n) is 10.4. The fraction of sp³-hybridized carbons (Fsp3) is 0.714. The number of rotatable bonds is 13. The molecule has 0 aromatic carbocycles. The Hall–Kier alpha value is -1.25. The van der Waals surface area contributed by atoms with E-state index < -0.39 is 0 Å². The Labute approximate surface area is 184 Å². The minimum atomic E-state index is 0.0360. The molecule has 0 aliphatic carbocycles. The van der Waals surface area contributed by atoms with Crippen LogP contribution in [0.25, 0.3) is 0 Å². The van der Waals surface area contributed by atoms with E-state index in [1.807, 2.05) is 12.3 Å². The molecule has 1 aromatic heterocycles. The first-order valence-corrected chi connectivity index (χ1v) is 12.2. The predicted molar refractivity (Wildman–Crippen MR) is 125 cm³/mol. The van der Waals surface area contributed by atoms with E-state index >= 15 is 0 Å². The quantitative estimate of drug-likeness (QED) is 0.436. The standard InChI is InChI=1S/C13H23N3OS.C8H14O2S/c1-4-6-8-16(7-5-2)9-12(17)15-13-14-11(3)10-18-13;1-7(9)5-3-4-6-11-8(2)10/h10H,4-9H2,1-3H3,(H,14,15,17);3-6H2,1-2H3. The number of carbonyl (C=O) groups excluding carboxylic acids is 3.